The first kappa shape index (κ1) is 11.3. The average Bonchev–Trinajstić information content (AvgIpc) is 2.69. The smallest absolute Gasteiger partial charge is 0.0923 e. The van der Waals surface area contributed by atoms with Crippen LogP contribution >= 0.6 is 15.9 Å². The third-order valence-electron chi connectivity index (χ3n) is 2.29. The molecule has 0 aliphatic heterocycles. The van der Waals surface area contributed by atoms with Gasteiger partial charge in [0.05, 0.1) is 17.9 Å². The van der Waals surface area contributed by atoms with Gasteiger partial charge in [-0.05, 0) is 28.1 Å². The molecule has 1 atom stereocenters. The molecule has 2 aromatic rings. The molecule has 0 radical (unpaired) electrons. The zero-order chi connectivity index (χ0) is 11.5. The van der Waals surface area contributed by atoms with Crippen molar-refractivity contribution in [3.8, 4) is 0 Å². The maximum Gasteiger partial charge on any atom is 0.0923 e. The first-order valence-corrected chi connectivity index (χ1v) is 5.56. The van der Waals surface area contributed by atoms with Crippen molar-refractivity contribution < 1.29 is 0 Å². The maximum absolute atomic E-state index is 5.57. The molecular weight excluding hydrogens is 270 g/mol. The number of hydrogen-bond donors (Lipinski definition) is 2. The molecule has 0 aliphatic rings. The SMILES string of the molecule is Cn1cc(C(NN)c2ncccc2Br)cn1. The molecule has 16 heavy (non-hydrogen) atoms. The minimum absolute atomic E-state index is 0.163. The highest BCUT2D eigenvalue weighted by atomic mass is 79.9. The lowest BCUT2D eigenvalue weighted by Crippen LogP contribution is -2.29. The predicted octanol–water partition coefficient (Wildman–Crippen LogP) is 1.13. The quantitative estimate of drug-likeness (QED) is 0.654. The van der Waals surface area contributed by atoms with Crippen LogP contribution in [0.1, 0.15) is 17.3 Å². The molecule has 0 aromatic carbocycles. The molecule has 2 rings (SSSR count). The predicted molar refractivity (Wildman–Crippen MR) is 64.3 cm³/mol. The second-order valence-corrected chi connectivity index (χ2v) is 4.27. The van der Waals surface area contributed by atoms with Crippen LogP contribution in [0.15, 0.2) is 35.2 Å². The van der Waals surface area contributed by atoms with Crippen LogP contribution in [0.25, 0.3) is 0 Å². The lowest BCUT2D eigenvalue weighted by molar-refractivity contribution is 0.617. The topological polar surface area (TPSA) is 68.8 Å². The number of halogens is 1. The van der Waals surface area contributed by atoms with Gasteiger partial charge in [0.25, 0.3) is 0 Å². The van der Waals surface area contributed by atoms with E-state index in [-0.39, 0.29) is 6.04 Å². The Labute approximate surface area is 102 Å². The van der Waals surface area contributed by atoms with E-state index in [2.05, 4.69) is 31.4 Å². The van der Waals surface area contributed by atoms with Crippen molar-refractivity contribution in [1.82, 2.24) is 20.2 Å². The molecule has 0 spiro atoms. The van der Waals surface area contributed by atoms with E-state index < -0.39 is 0 Å². The summed E-state index contributed by atoms with van der Waals surface area (Å²) in [5.74, 6) is 5.57. The Bertz CT molecular complexity index is 482. The number of pyridine rings is 1. The van der Waals surface area contributed by atoms with Gasteiger partial charge in [-0.25, -0.2) is 5.43 Å². The summed E-state index contributed by atoms with van der Waals surface area (Å²) < 4.78 is 2.65. The Morgan fingerprint density at radius 3 is 2.94 bits per heavy atom. The second kappa shape index (κ2) is 4.73. The summed E-state index contributed by atoms with van der Waals surface area (Å²) in [5.41, 5.74) is 4.56. The number of nitrogens with one attached hydrogen (secondary N) is 1. The standard InChI is InChI=1S/C10H12BrN5/c1-16-6-7(5-14-16)9(15-12)10-8(11)3-2-4-13-10/h2-6,9,15H,12H2,1H3. The van der Waals surface area contributed by atoms with Gasteiger partial charge in [0.1, 0.15) is 0 Å². The number of hydrogen-bond acceptors (Lipinski definition) is 4. The van der Waals surface area contributed by atoms with Gasteiger partial charge in [-0.1, -0.05) is 0 Å². The lowest BCUT2D eigenvalue weighted by atomic mass is 10.1. The fraction of sp³-hybridized carbons (Fsp3) is 0.200. The Balaban J connectivity index is 2.40. The first-order valence-electron chi connectivity index (χ1n) is 4.77. The third-order valence-corrected chi connectivity index (χ3v) is 2.96. The molecule has 0 aliphatic carbocycles. The molecule has 0 bridgehead atoms. The van der Waals surface area contributed by atoms with E-state index in [0.717, 1.165) is 15.7 Å². The van der Waals surface area contributed by atoms with Crippen molar-refractivity contribution >= 4 is 15.9 Å². The van der Waals surface area contributed by atoms with Crippen molar-refractivity contribution in [1.29, 1.82) is 0 Å². The van der Waals surface area contributed by atoms with Crippen LogP contribution in [-0.2, 0) is 7.05 Å². The zero-order valence-corrected chi connectivity index (χ0v) is 10.3. The normalized spacial score (nSPS) is 12.7. The maximum atomic E-state index is 5.57. The number of hydrazine groups is 1. The van der Waals surface area contributed by atoms with E-state index in [9.17, 15) is 0 Å². The molecule has 0 saturated heterocycles. The Kier molecular flexibility index (Phi) is 3.33. The monoisotopic (exact) mass is 281 g/mol. The van der Waals surface area contributed by atoms with Crippen molar-refractivity contribution in [2.45, 2.75) is 6.04 Å². The largest absolute Gasteiger partial charge is 0.275 e. The van der Waals surface area contributed by atoms with Crippen LogP contribution in [0.2, 0.25) is 0 Å². The summed E-state index contributed by atoms with van der Waals surface area (Å²) in [7, 11) is 1.87. The van der Waals surface area contributed by atoms with Crippen LogP contribution in [0.5, 0.6) is 0 Å². The number of nitrogens with two attached hydrogens (primary N) is 1. The van der Waals surface area contributed by atoms with Gasteiger partial charge in [-0.2, -0.15) is 5.10 Å². The summed E-state index contributed by atoms with van der Waals surface area (Å²) in [6.45, 7) is 0. The van der Waals surface area contributed by atoms with Crippen molar-refractivity contribution in [3.05, 3.63) is 46.5 Å². The van der Waals surface area contributed by atoms with Crippen molar-refractivity contribution in [2.75, 3.05) is 0 Å². The Morgan fingerprint density at radius 2 is 2.38 bits per heavy atom. The second-order valence-electron chi connectivity index (χ2n) is 3.42. The zero-order valence-electron chi connectivity index (χ0n) is 8.76. The minimum atomic E-state index is -0.163. The molecule has 1 unspecified atom stereocenters. The van der Waals surface area contributed by atoms with E-state index in [0.29, 0.717) is 0 Å². The van der Waals surface area contributed by atoms with Gasteiger partial charge in [-0.15, -0.1) is 0 Å². The summed E-state index contributed by atoms with van der Waals surface area (Å²) in [6, 6.07) is 3.64. The number of aromatic nitrogens is 3. The van der Waals surface area contributed by atoms with Crippen molar-refractivity contribution in [3.63, 3.8) is 0 Å². The van der Waals surface area contributed by atoms with Crippen LogP contribution in [0.3, 0.4) is 0 Å². The fourth-order valence-corrected chi connectivity index (χ4v) is 2.02. The average molecular weight is 282 g/mol. The first-order chi connectivity index (χ1) is 7.72. The van der Waals surface area contributed by atoms with Gasteiger partial charge < -0.3 is 0 Å². The minimum Gasteiger partial charge on any atom is -0.275 e. The van der Waals surface area contributed by atoms with Gasteiger partial charge >= 0.3 is 0 Å². The molecule has 84 valence electrons. The molecule has 2 heterocycles. The molecule has 0 saturated carbocycles. The Hall–Kier alpha value is -1.24. The fourth-order valence-electron chi connectivity index (χ4n) is 1.53. The highest BCUT2D eigenvalue weighted by molar-refractivity contribution is 9.10. The molecule has 0 amide bonds. The van der Waals surface area contributed by atoms with E-state index in [1.165, 1.54) is 0 Å². The van der Waals surface area contributed by atoms with E-state index in [1.54, 1.807) is 17.1 Å². The summed E-state index contributed by atoms with van der Waals surface area (Å²) in [4.78, 5) is 4.31. The van der Waals surface area contributed by atoms with Crippen LogP contribution in [0.4, 0.5) is 0 Å². The van der Waals surface area contributed by atoms with E-state index in [4.69, 9.17) is 5.84 Å². The van der Waals surface area contributed by atoms with Crippen LogP contribution in [0, 0.1) is 0 Å². The van der Waals surface area contributed by atoms with Gasteiger partial charge in [0.15, 0.2) is 0 Å². The van der Waals surface area contributed by atoms with E-state index in [1.807, 2.05) is 25.4 Å². The molecule has 3 N–H and O–H groups in total. The molecule has 5 nitrogen and oxygen atoms in total. The molecule has 0 fully saturated rings. The van der Waals surface area contributed by atoms with E-state index >= 15 is 0 Å². The summed E-state index contributed by atoms with van der Waals surface area (Å²) in [5, 5.41) is 4.12. The summed E-state index contributed by atoms with van der Waals surface area (Å²) in [6.07, 6.45) is 5.41. The number of aryl methyl sites for hydroxylation is 1. The van der Waals surface area contributed by atoms with Crippen LogP contribution in [-0.4, -0.2) is 14.8 Å². The molecule has 2 aromatic heterocycles. The molecular formula is C10H12BrN5. The number of nitrogens with zero attached hydrogens (tertiary/aromatic N) is 3. The lowest BCUT2D eigenvalue weighted by Gasteiger charge is -2.14. The van der Waals surface area contributed by atoms with Crippen LogP contribution < -0.4 is 11.3 Å². The van der Waals surface area contributed by atoms with Gasteiger partial charge in [0, 0.05) is 29.5 Å². The van der Waals surface area contributed by atoms with Crippen molar-refractivity contribution in [2.24, 2.45) is 12.9 Å². The Morgan fingerprint density at radius 1 is 1.56 bits per heavy atom. The number of rotatable bonds is 3. The van der Waals surface area contributed by atoms with Gasteiger partial charge in [0.2, 0.25) is 0 Å². The highest BCUT2D eigenvalue weighted by Gasteiger charge is 2.17. The third kappa shape index (κ3) is 2.13. The summed E-state index contributed by atoms with van der Waals surface area (Å²) >= 11 is 3.46. The molecule has 6 heteroatoms. The van der Waals surface area contributed by atoms with Gasteiger partial charge in [-0.3, -0.25) is 15.5 Å². The highest BCUT2D eigenvalue weighted by Crippen LogP contribution is 2.25.